The van der Waals surface area contributed by atoms with Crippen molar-refractivity contribution in [3.8, 4) is 22.9 Å². The number of aromatic nitrogens is 2. The Morgan fingerprint density at radius 3 is 2.70 bits per heavy atom. The van der Waals surface area contributed by atoms with Crippen LogP contribution in [0.15, 0.2) is 36.4 Å². The Kier molecular flexibility index (Phi) is 2.86. The smallest absolute Gasteiger partial charge is 0.161 e. The molecule has 0 aliphatic carbocycles. The normalized spacial score (nSPS) is 10.9. The molecular weight excluding hydrogens is 252 g/mol. The Bertz CT molecular complexity index is 791. The van der Waals surface area contributed by atoms with Crippen LogP contribution in [-0.4, -0.2) is 21.8 Å². The standard InChI is InChI=1S/C16H16N2O2/c1-10-4-6-13-12(8-10)17-16(18(13)2)11-5-7-14(19)15(9-11)20-3/h4-9,19H,1-3H3. The van der Waals surface area contributed by atoms with Gasteiger partial charge in [-0.1, -0.05) is 6.07 Å². The van der Waals surface area contributed by atoms with Gasteiger partial charge in [0.25, 0.3) is 0 Å². The number of hydrogen-bond acceptors (Lipinski definition) is 3. The number of phenolic OH excluding ortho intramolecular Hbond substituents is 1. The van der Waals surface area contributed by atoms with Crippen LogP contribution in [-0.2, 0) is 7.05 Å². The van der Waals surface area contributed by atoms with Gasteiger partial charge in [0.2, 0.25) is 0 Å². The molecule has 3 rings (SSSR count). The summed E-state index contributed by atoms with van der Waals surface area (Å²) in [7, 11) is 3.52. The van der Waals surface area contributed by atoms with E-state index < -0.39 is 0 Å². The molecule has 4 nitrogen and oxygen atoms in total. The van der Waals surface area contributed by atoms with Gasteiger partial charge in [-0.15, -0.1) is 0 Å². The van der Waals surface area contributed by atoms with E-state index in [0.29, 0.717) is 5.75 Å². The van der Waals surface area contributed by atoms with E-state index in [9.17, 15) is 5.11 Å². The Morgan fingerprint density at radius 2 is 1.95 bits per heavy atom. The summed E-state index contributed by atoms with van der Waals surface area (Å²) in [5.74, 6) is 1.43. The van der Waals surface area contributed by atoms with Crippen molar-refractivity contribution < 1.29 is 9.84 Å². The Labute approximate surface area is 117 Å². The zero-order chi connectivity index (χ0) is 14.3. The third kappa shape index (κ3) is 1.90. The summed E-state index contributed by atoms with van der Waals surface area (Å²) in [6.07, 6.45) is 0. The first kappa shape index (κ1) is 12.5. The summed E-state index contributed by atoms with van der Waals surface area (Å²) in [6.45, 7) is 2.05. The second-order valence-electron chi connectivity index (χ2n) is 4.87. The molecule has 1 aromatic heterocycles. The van der Waals surface area contributed by atoms with Crippen molar-refractivity contribution in [2.45, 2.75) is 6.92 Å². The molecular formula is C16H16N2O2. The summed E-state index contributed by atoms with van der Waals surface area (Å²) in [6, 6.07) is 11.5. The molecule has 1 N–H and O–H groups in total. The van der Waals surface area contributed by atoms with Gasteiger partial charge in [0.1, 0.15) is 5.82 Å². The molecule has 0 fully saturated rings. The van der Waals surface area contributed by atoms with Gasteiger partial charge in [-0.25, -0.2) is 4.98 Å². The maximum absolute atomic E-state index is 9.68. The van der Waals surface area contributed by atoms with Crippen LogP contribution in [0.1, 0.15) is 5.56 Å². The van der Waals surface area contributed by atoms with Crippen LogP contribution in [0.2, 0.25) is 0 Å². The predicted molar refractivity (Wildman–Crippen MR) is 79.1 cm³/mol. The molecule has 0 bridgehead atoms. The van der Waals surface area contributed by atoms with Crippen LogP contribution in [0, 0.1) is 6.92 Å². The fourth-order valence-electron chi connectivity index (χ4n) is 2.38. The molecule has 0 saturated heterocycles. The number of phenols is 1. The predicted octanol–water partition coefficient (Wildman–Crippen LogP) is 3.26. The van der Waals surface area contributed by atoms with Crippen LogP contribution in [0.4, 0.5) is 0 Å². The van der Waals surface area contributed by atoms with E-state index in [-0.39, 0.29) is 5.75 Å². The molecule has 1 heterocycles. The van der Waals surface area contributed by atoms with E-state index in [0.717, 1.165) is 22.4 Å². The van der Waals surface area contributed by atoms with Crippen molar-refractivity contribution in [3.63, 3.8) is 0 Å². The van der Waals surface area contributed by atoms with E-state index in [2.05, 4.69) is 30.1 Å². The number of fused-ring (bicyclic) bond motifs is 1. The van der Waals surface area contributed by atoms with Gasteiger partial charge in [-0.05, 0) is 42.8 Å². The van der Waals surface area contributed by atoms with Crippen LogP contribution in [0.5, 0.6) is 11.5 Å². The van der Waals surface area contributed by atoms with Gasteiger partial charge in [0, 0.05) is 12.6 Å². The van der Waals surface area contributed by atoms with Crippen LogP contribution < -0.4 is 4.74 Å². The Balaban J connectivity index is 2.21. The third-order valence-electron chi connectivity index (χ3n) is 3.47. The van der Waals surface area contributed by atoms with Crippen molar-refractivity contribution >= 4 is 11.0 Å². The molecule has 0 saturated carbocycles. The van der Waals surface area contributed by atoms with Gasteiger partial charge in [0.15, 0.2) is 11.5 Å². The quantitative estimate of drug-likeness (QED) is 0.776. The first-order valence-corrected chi connectivity index (χ1v) is 6.40. The number of benzene rings is 2. The van der Waals surface area contributed by atoms with E-state index in [1.165, 1.54) is 12.7 Å². The lowest BCUT2D eigenvalue weighted by Gasteiger charge is -2.06. The molecule has 0 unspecified atom stereocenters. The number of methoxy groups -OCH3 is 1. The van der Waals surface area contributed by atoms with Gasteiger partial charge >= 0.3 is 0 Å². The van der Waals surface area contributed by atoms with E-state index in [1.807, 2.05) is 17.7 Å². The van der Waals surface area contributed by atoms with Gasteiger partial charge < -0.3 is 14.4 Å². The summed E-state index contributed by atoms with van der Waals surface area (Å²) in [5.41, 5.74) is 4.15. The number of hydrogen-bond donors (Lipinski definition) is 1. The molecule has 0 aliphatic heterocycles. The monoisotopic (exact) mass is 268 g/mol. The van der Waals surface area contributed by atoms with Crippen molar-refractivity contribution in [1.82, 2.24) is 9.55 Å². The molecule has 2 aromatic carbocycles. The summed E-state index contributed by atoms with van der Waals surface area (Å²) in [4.78, 5) is 4.67. The maximum Gasteiger partial charge on any atom is 0.161 e. The Morgan fingerprint density at radius 1 is 1.15 bits per heavy atom. The average molecular weight is 268 g/mol. The Hall–Kier alpha value is -2.49. The maximum atomic E-state index is 9.68. The van der Waals surface area contributed by atoms with Crippen LogP contribution in [0.3, 0.4) is 0 Å². The zero-order valence-electron chi connectivity index (χ0n) is 11.7. The highest BCUT2D eigenvalue weighted by Crippen LogP contribution is 2.32. The SMILES string of the molecule is COc1cc(-c2nc3cc(C)ccc3n2C)ccc1O. The lowest BCUT2D eigenvalue weighted by atomic mass is 10.2. The largest absolute Gasteiger partial charge is 0.504 e. The number of aromatic hydroxyl groups is 1. The first-order chi connectivity index (χ1) is 9.60. The first-order valence-electron chi connectivity index (χ1n) is 6.40. The summed E-state index contributed by atoms with van der Waals surface area (Å²) in [5, 5.41) is 9.68. The highest BCUT2D eigenvalue weighted by molar-refractivity contribution is 5.81. The summed E-state index contributed by atoms with van der Waals surface area (Å²) >= 11 is 0. The number of rotatable bonds is 2. The molecule has 0 aliphatic rings. The van der Waals surface area contributed by atoms with E-state index in [4.69, 9.17) is 4.74 Å². The molecule has 4 heteroatoms. The second kappa shape index (κ2) is 4.56. The highest BCUT2D eigenvalue weighted by Gasteiger charge is 2.12. The van der Waals surface area contributed by atoms with Crippen molar-refractivity contribution in [2.24, 2.45) is 7.05 Å². The number of imidazole rings is 1. The lowest BCUT2D eigenvalue weighted by molar-refractivity contribution is 0.373. The van der Waals surface area contributed by atoms with Crippen molar-refractivity contribution in [1.29, 1.82) is 0 Å². The molecule has 0 spiro atoms. The zero-order valence-corrected chi connectivity index (χ0v) is 11.7. The van der Waals surface area contributed by atoms with Gasteiger partial charge in [-0.3, -0.25) is 0 Å². The molecule has 0 radical (unpaired) electrons. The summed E-state index contributed by atoms with van der Waals surface area (Å²) < 4.78 is 7.20. The van der Waals surface area contributed by atoms with Gasteiger partial charge in [0.05, 0.1) is 18.1 Å². The van der Waals surface area contributed by atoms with Crippen molar-refractivity contribution in [2.75, 3.05) is 7.11 Å². The fourth-order valence-corrected chi connectivity index (χ4v) is 2.38. The van der Waals surface area contributed by atoms with E-state index >= 15 is 0 Å². The second-order valence-corrected chi connectivity index (χ2v) is 4.87. The molecule has 3 aromatic rings. The van der Waals surface area contributed by atoms with Crippen LogP contribution in [0.25, 0.3) is 22.4 Å². The minimum absolute atomic E-state index is 0.130. The number of ether oxygens (including phenoxy) is 1. The molecule has 102 valence electrons. The molecule has 0 atom stereocenters. The average Bonchev–Trinajstić information content (AvgIpc) is 2.76. The molecule has 20 heavy (non-hydrogen) atoms. The lowest BCUT2D eigenvalue weighted by Crippen LogP contribution is -1.93. The topological polar surface area (TPSA) is 47.3 Å². The van der Waals surface area contributed by atoms with Crippen LogP contribution >= 0.6 is 0 Å². The third-order valence-corrected chi connectivity index (χ3v) is 3.47. The van der Waals surface area contributed by atoms with Crippen molar-refractivity contribution in [3.05, 3.63) is 42.0 Å². The number of nitrogens with zero attached hydrogens (tertiary/aromatic N) is 2. The van der Waals surface area contributed by atoms with E-state index in [1.54, 1.807) is 12.1 Å². The minimum atomic E-state index is 0.130. The number of aryl methyl sites for hydroxylation is 2. The minimum Gasteiger partial charge on any atom is -0.504 e. The van der Waals surface area contributed by atoms with Gasteiger partial charge in [-0.2, -0.15) is 0 Å². The molecule has 0 amide bonds. The highest BCUT2D eigenvalue weighted by atomic mass is 16.5. The fraction of sp³-hybridized carbons (Fsp3) is 0.188.